The lowest BCUT2D eigenvalue weighted by atomic mass is 10.0. The first-order valence-corrected chi connectivity index (χ1v) is 6.46. The van der Waals surface area contributed by atoms with Crippen LogP contribution in [0.3, 0.4) is 0 Å². The third-order valence-electron chi connectivity index (χ3n) is 3.09. The van der Waals surface area contributed by atoms with E-state index in [2.05, 4.69) is 17.9 Å². The molecular formula is C13H16FNO2S. The molecular weight excluding hydrogens is 253 g/mol. The summed E-state index contributed by atoms with van der Waals surface area (Å²) in [7, 11) is 0. The Balaban J connectivity index is 1.92. The van der Waals surface area contributed by atoms with Crippen molar-refractivity contribution >= 4 is 18.5 Å². The Hall–Kier alpha value is -1.07. The molecule has 2 rings (SSSR count). The summed E-state index contributed by atoms with van der Waals surface area (Å²) in [5.74, 6) is -0.475. The summed E-state index contributed by atoms with van der Waals surface area (Å²) in [6.45, 7) is 2.04. The van der Waals surface area contributed by atoms with Crippen LogP contribution < -0.4 is 5.32 Å². The van der Waals surface area contributed by atoms with E-state index in [1.54, 1.807) is 0 Å². The van der Waals surface area contributed by atoms with Gasteiger partial charge in [0.1, 0.15) is 5.82 Å². The highest BCUT2D eigenvalue weighted by atomic mass is 32.1. The van der Waals surface area contributed by atoms with Crippen LogP contribution in [0.4, 0.5) is 4.39 Å². The van der Waals surface area contributed by atoms with Crippen LogP contribution in [0.15, 0.2) is 23.1 Å². The Kier molecular flexibility index (Phi) is 4.60. The van der Waals surface area contributed by atoms with Crippen molar-refractivity contribution in [2.75, 3.05) is 19.8 Å². The van der Waals surface area contributed by atoms with E-state index in [1.165, 1.54) is 18.2 Å². The van der Waals surface area contributed by atoms with Gasteiger partial charge in [-0.15, -0.1) is 12.6 Å². The molecule has 0 spiro atoms. The zero-order valence-electron chi connectivity index (χ0n) is 9.99. The predicted octanol–water partition coefficient (Wildman–Crippen LogP) is 2.27. The van der Waals surface area contributed by atoms with E-state index in [9.17, 15) is 9.18 Å². The van der Waals surface area contributed by atoms with Gasteiger partial charge in [0.15, 0.2) is 0 Å². The SMILES string of the molecule is O=C(NCC1CCOCC1)c1cc(S)ccc1F. The van der Waals surface area contributed by atoms with E-state index in [-0.39, 0.29) is 11.5 Å². The highest BCUT2D eigenvalue weighted by molar-refractivity contribution is 7.80. The highest BCUT2D eigenvalue weighted by Crippen LogP contribution is 2.15. The second kappa shape index (κ2) is 6.20. The van der Waals surface area contributed by atoms with Crippen LogP contribution in [0.25, 0.3) is 0 Å². The third-order valence-corrected chi connectivity index (χ3v) is 3.36. The van der Waals surface area contributed by atoms with Gasteiger partial charge in [-0.1, -0.05) is 0 Å². The summed E-state index contributed by atoms with van der Waals surface area (Å²) < 4.78 is 18.7. The Morgan fingerprint density at radius 1 is 1.44 bits per heavy atom. The maximum atomic E-state index is 13.5. The molecule has 5 heteroatoms. The maximum Gasteiger partial charge on any atom is 0.254 e. The zero-order chi connectivity index (χ0) is 13.0. The first kappa shape index (κ1) is 13.4. The number of carbonyl (C=O) groups excluding carboxylic acids is 1. The molecule has 0 aliphatic carbocycles. The van der Waals surface area contributed by atoms with Gasteiger partial charge in [-0.05, 0) is 37.0 Å². The maximum absolute atomic E-state index is 13.5. The first-order chi connectivity index (χ1) is 8.66. The molecule has 18 heavy (non-hydrogen) atoms. The summed E-state index contributed by atoms with van der Waals surface area (Å²) in [5, 5.41) is 2.77. The summed E-state index contributed by atoms with van der Waals surface area (Å²) >= 11 is 4.10. The molecule has 0 aromatic heterocycles. The fourth-order valence-electron chi connectivity index (χ4n) is 1.97. The second-order valence-electron chi connectivity index (χ2n) is 4.43. The largest absolute Gasteiger partial charge is 0.381 e. The number of nitrogens with one attached hydrogen (secondary N) is 1. The van der Waals surface area contributed by atoms with Crippen molar-refractivity contribution in [3.05, 3.63) is 29.6 Å². The van der Waals surface area contributed by atoms with Crippen LogP contribution in [-0.4, -0.2) is 25.7 Å². The van der Waals surface area contributed by atoms with Crippen molar-refractivity contribution in [3.63, 3.8) is 0 Å². The number of hydrogen-bond donors (Lipinski definition) is 2. The van der Waals surface area contributed by atoms with E-state index < -0.39 is 5.82 Å². The molecule has 3 nitrogen and oxygen atoms in total. The topological polar surface area (TPSA) is 38.3 Å². The molecule has 0 saturated carbocycles. The molecule has 1 aliphatic heterocycles. The molecule has 98 valence electrons. The van der Waals surface area contributed by atoms with Gasteiger partial charge >= 0.3 is 0 Å². The van der Waals surface area contributed by atoms with Gasteiger partial charge in [-0.2, -0.15) is 0 Å². The van der Waals surface area contributed by atoms with Crippen LogP contribution in [-0.2, 0) is 4.74 Å². The Labute approximate surface area is 111 Å². The number of benzene rings is 1. The fraction of sp³-hybridized carbons (Fsp3) is 0.462. The summed E-state index contributed by atoms with van der Waals surface area (Å²) in [4.78, 5) is 12.4. The van der Waals surface area contributed by atoms with E-state index >= 15 is 0 Å². The smallest absolute Gasteiger partial charge is 0.254 e. The number of halogens is 1. The molecule has 1 aromatic carbocycles. The lowest BCUT2D eigenvalue weighted by molar-refractivity contribution is 0.0642. The molecule has 1 fully saturated rings. The molecule has 0 atom stereocenters. The van der Waals surface area contributed by atoms with Gasteiger partial charge in [-0.25, -0.2) is 4.39 Å². The quantitative estimate of drug-likeness (QED) is 0.826. The van der Waals surface area contributed by atoms with Gasteiger partial charge < -0.3 is 10.1 Å². The van der Waals surface area contributed by atoms with Crippen molar-refractivity contribution < 1.29 is 13.9 Å². The molecule has 0 unspecified atom stereocenters. The minimum absolute atomic E-state index is 0.0505. The molecule has 0 radical (unpaired) electrons. The average Bonchev–Trinajstić information content (AvgIpc) is 2.40. The number of rotatable bonds is 3. The number of carbonyl (C=O) groups is 1. The number of amides is 1. The summed E-state index contributed by atoms with van der Waals surface area (Å²) in [5.41, 5.74) is 0.0505. The van der Waals surface area contributed by atoms with Crippen molar-refractivity contribution in [2.24, 2.45) is 5.92 Å². The lowest BCUT2D eigenvalue weighted by Crippen LogP contribution is -2.32. The normalized spacial score (nSPS) is 16.6. The van der Waals surface area contributed by atoms with Crippen LogP contribution in [0.2, 0.25) is 0 Å². The van der Waals surface area contributed by atoms with Gasteiger partial charge in [0.05, 0.1) is 5.56 Å². The second-order valence-corrected chi connectivity index (χ2v) is 4.95. The van der Waals surface area contributed by atoms with Crippen LogP contribution >= 0.6 is 12.6 Å². The minimum atomic E-state index is -0.516. The molecule has 1 amide bonds. The Morgan fingerprint density at radius 2 is 2.17 bits per heavy atom. The number of hydrogen-bond acceptors (Lipinski definition) is 3. The van der Waals surface area contributed by atoms with E-state index in [0.29, 0.717) is 17.4 Å². The van der Waals surface area contributed by atoms with Gasteiger partial charge in [-0.3, -0.25) is 4.79 Å². The fourth-order valence-corrected chi connectivity index (χ4v) is 2.17. The molecule has 1 aliphatic rings. The van der Waals surface area contributed by atoms with E-state index in [4.69, 9.17) is 4.74 Å². The predicted molar refractivity (Wildman–Crippen MR) is 69.5 cm³/mol. The van der Waals surface area contributed by atoms with E-state index in [0.717, 1.165) is 26.1 Å². The average molecular weight is 269 g/mol. The lowest BCUT2D eigenvalue weighted by Gasteiger charge is -2.22. The summed E-state index contributed by atoms with van der Waals surface area (Å²) in [6, 6.07) is 4.22. The third kappa shape index (κ3) is 3.46. The molecule has 1 heterocycles. The first-order valence-electron chi connectivity index (χ1n) is 6.01. The van der Waals surface area contributed by atoms with Crippen LogP contribution in [0.5, 0.6) is 0 Å². The van der Waals surface area contributed by atoms with Crippen molar-refractivity contribution in [1.82, 2.24) is 5.32 Å². The zero-order valence-corrected chi connectivity index (χ0v) is 10.9. The van der Waals surface area contributed by atoms with Crippen molar-refractivity contribution in [1.29, 1.82) is 0 Å². The number of ether oxygens (including phenoxy) is 1. The van der Waals surface area contributed by atoms with Crippen LogP contribution in [0, 0.1) is 11.7 Å². The van der Waals surface area contributed by atoms with E-state index in [1.807, 2.05) is 0 Å². The molecule has 1 aromatic rings. The van der Waals surface area contributed by atoms with Crippen molar-refractivity contribution in [2.45, 2.75) is 17.7 Å². The molecule has 1 saturated heterocycles. The minimum Gasteiger partial charge on any atom is -0.381 e. The Bertz CT molecular complexity index is 433. The Morgan fingerprint density at radius 3 is 2.89 bits per heavy atom. The van der Waals surface area contributed by atoms with Crippen LogP contribution in [0.1, 0.15) is 23.2 Å². The van der Waals surface area contributed by atoms with Gasteiger partial charge in [0.2, 0.25) is 0 Å². The van der Waals surface area contributed by atoms with Crippen molar-refractivity contribution in [3.8, 4) is 0 Å². The van der Waals surface area contributed by atoms with Gasteiger partial charge in [0, 0.05) is 24.7 Å². The standard InChI is InChI=1S/C13H16FNO2S/c14-12-2-1-10(18)7-11(12)13(16)15-8-9-3-5-17-6-4-9/h1-2,7,9,18H,3-6,8H2,(H,15,16). The molecule has 0 bridgehead atoms. The monoisotopic (exact) mass is 269 g/mol. The molecule has 1 N–H and O–H groups in total. The van der Waals surface area contributed by atoms with Gasteiger partial charge in [0.25, 0.3) is 5.91 Å². The highest BCUT2D eigenvalue weighted by Gasteiger charge is 2.17. The number of thiol groups is 1. The summed E-state index contributed by atoms with van der Waals surface area (Å²) in [6.07, 6.45) is 1.88.